The molecule has 1 saturated carbocycles. The smallest absolute Gasteiger partial charge is 0.212 e. The van der Waals surface area contributed by atoms with Crippen molar-refractivity contribution in [3.05, 3.63) is 48.5 Å². The number of aromatic nitrogens is 2. The Morgan fingerprint density at radius 3 is 2.50 bits per heavy atom. The van der Waals surface area contributed by atoms with Crippen LogP contribution in [-0.2, 0) is 0 Å². The van der Waals surface area contributed by atoms with E-state index in [4.69, 9.17) is 24.6 Å². The molecule has 0 amide bonds. The van der Waals surface area contributed by atoms with Crippen LogP contribution in [0.15, 0.2) is 47.0 Å². The molecule has 0 spiro atoms. The van der Waals surface area contributed by atoms with Gasteiger partial charge in [0.15, 0.2) is 11.7 Å². The zero-order valence-corrected chi connectivity index (χ0v) is 14.6. The van der Waals surface area contributed by atoms with Gasteiger partial charge in [-0.1, -0.05) is 0 Å². The first kappa shape index (κ1) is 16.6. The zero-order valence-electron chi connectivity index (χ0n) is 14.6. The minimum atomic E-state index is 0.431. The van der Waals surface area contributed by atoms with Gasteiger partial charge in [0.25, 0.3) is 0 Å². The van der Waals surface area contributed by atoms with E-state index in [1.165, 1.54) is 0 Å². The van der Waals surface area contributed by atoms with Crippen LogP contribution in [0, 0.1) is 0 Å². The van der Waals surface area contributed by atoms with Gasteiger partial charge in [0.1, 0.15) is 18.1 Å². The number of methoxy groups -OCH3 is 1. The number of oxazole rings is 1. The number of rotatable bonds is 7. The van der Waals surface area contributed by atoms with Crippen molar-refractivity contribution in [2.24, 2.45) is 5.73 Å². The molecule has 2 heterocycles. The summed E-state index contributed by atoms with van der Waals surface area (Å²) in [6.07, 6.45) is 4.02. The van der Waals surface area contributed by atoms with Crippen molar-refractivity contribution in [3.63, 3.8) is 0 Å². The maximum Gasteiger partial charge on any atom is 0.212 e. The third-order valence-electron chi connectivity index (χ3n) is 4.29. The van der Waals surface area contributed by atoms with Crippen molar-refractivity contribution in [1.29, 1.82) is 0 Å². The lowest BCUT2D eigenvalue weighted by atomic mass is 10.1. The number of hydrogen-bond acceptors (Lipinski definition) is 6. The monoisotopic (exact) mass is 351 g/mol. The lowest BCUT2D eigenvalue weighted by Gasteiger charge is -2.06. The molecule has 0 bridgehead atoms. The van der Waals surface area contributed by atoms with Crippen LogP contribution in [0.5, 0.6) is 11.6 Å². The van der Waals surface area contributed by atoms with Gasteiger partial charge < -0.3 is 19.6 Å². The molecule has 0 unspecified atom stereocenters. The molecule has 134 valence electrons. The Kier molecular flexibility index (Phi) is 4.58. The van der Waals surface area contributed by atoms with Crippen molar-refractivity contribution >= 4 is 0 Å². The second kappa shape index (κ2) is 7.17. The number of nitrogens with two attached hydrogens (primary N) is 1. The molecule has 2 aromatic heterocycles. The third kappa shape index (κ3) is 3.41. The highest BCUT2D eigenvalue weighted by Gasteiger charge is 2.31. The molecular formula is C20H21N3O3. The molecule has 1 aromatic carbocycles. The summed E-state index contributed by atoms with van der Waals surface area (Å²) < 4.78 is 16.8. The number of benzene rings is 1. The van der Waals surface area contributed by atoms with Gasteiger partial charge in [-0.05, 0) is 43.2 Å². The minimum absolute atomic E-state index is 0.431. The topological polar surface area (TPSA) is 83.4 Å². The standard InChI is InChI=1S/C20H21N3O3/c1-24-17-9-6-15(12-22-17)18-19(26-20(23-18)14-2-3-14)13-4-7-16(8-5-13)25-11-10-21/h4-9,12,14H,2-3,10-11,21H2,1H3. The summed E-state index contributed by atoms with van der Waals surface area (Å²) in [7, 11) is 1.60. The van der Waals surface area contributed by atoms with Crippen molar-refractivity contribution < 1.29 is 13.9 Å². The molecule has 0 saturated heterocycles. The average molecular weight is 351 g/mol. The van der Waals surface area contributed by atoms with Crippen molar-refractivity contribution in [3.8, 4) is 34.2 Å². The molecular weight excluding hydrogens is 330 g/mol. The molecule has 1 fully saturated rings. The molecule has 6 nitrogen and oxygen atoms in total. The number of ether oxygens (including phenoxy) is 2. The molecule has 3 aromatic rings. The summed E-state index contributed by atoms with van der Waals surface area (Å²) in [6, 6.07) is 11.6. The molecule has 2 N–H and O–H groups in total. The van der Waals surface area contributed by atoms with Gasteiger partial charge >= 0.3 is 0 Å². The highest BCUT2D eigenvalue weighted by Crippen LogP contribution is 2.43. The van der Waals surface area contributed by atoms with Crippen molar-refractivity contribution in [2.45, 2.75) is 18.8 Å². The van der Waals surface area contributed by atoms with Crippen LogP contribution in [0.1, 0.15) is 24.7 Å². The van der Waals surface area contributed by atoms with Crippen LogP contribution in [0.25, 0.3) is 22.6 Å². The maximum absolute atomic E-state index is 6.13. The minimum Gasteiger partial charge on any atom is -0.492 e. The van der Waals surface area contributed by atoms with Gasteiger partial charge in [-0.3, -0.25) is 0 Å². The molecule has 0 radical (unpaired) electrons. The summed E-state index contributed by atoms with van der Waals surface area (Å²) >= 11 is 0. The first-order valence-corrected chi connectivity index (χ1v) is 8.73. The van der Waals surface area contributed by atoms with E-state index in [-0.39, 0.29) is 0 Å². The van der Waals surface area contributed by atoms with Gasteiger partial charge in [-0.25, -0.2) is 9.97 Å². The van der Waals surface area contributed by atoms with E-state index in [1.807, 2.05) is 36.4 Å². The highest BCUT2D eigenvalue weighted by atomic mass is 16.5. The number of nitrogens with zero attached hydrogens (tertiary/aromatic N) is 2. The van der Waals surface area contributed by atoms with Gasteiger partial charge in [0.05, 0.1) is 7.11 Å². The van der Waals surface area contributed by atoms with E-state index in [9.17, 15) is 0 Å². The van der Waals surface area contributed by atoms with E-state index in [1.54, 1.807) is 13.3 Å². The number of pyridine rings is 1. The molecule has 0 aliphatic heterocycles. The van der Waals surface area contributed by atoms with E-state index < -0.39 is 0 Å². The second-order valence-corrected chi connectivity index (χ2v) is 6.25. The van der Waals surface area contributed by atoms with Gasteiger partial charge in [0, 0.05) is 35.9 Å². The van der Waals surface area contributed by atoms with E-state index in [0.29, 0.717) is 24.9 Å². The second-order valence-electron chi connectivity index (χ2n) is 6.25. The fourth-order valence-corrected chi connectivity index (χ4v) is 2.75. The lowest BCUT2D eigenvalue weighted by Crippen LogP contribution is -2.10. The quantitative estimate of drug-likeness (QED) is 0.700. The molecule has 6 heteroatoms. The Morgan fingerprint density at radius 2 is 1.88 bits per heavy atom. The first-order chi connectivity index (χ1) is 12.8. The molecule has 26 heavy (non-hydrogen) atoms. The van der Waals surface area contributed by atoms with E-state index in [0.717, 1.165) is 47.1 Å². The zero-order chi connectivity index (χ0) is 17.9. The normalized spacial score (nSPS) is 13.6. The molecule has 1 aliphatic rings. The van der Waals surface area contributed by atoms with Crippen molar-refractivity contribution in [2.75, 3.05) is 20.3 Å². The predicted molar refractivity (Wildman–Crippen MR) is 98.2 cm³/mol. The Morgan fingerprint density at radius 1 is 1.12 bits per heavy atom. The van der Waals surface area contributed by atoms with Gasteiger partial charge in [-0.2, -0.15) is 0 Å². The Hall–Kier alpha value is -2.86. The van der Waals surface area contributed by atoms with Crippen LogP contribution in [0.2, 0.25) is 0 Å². The summed E-state index contributed by atoms with van der Waals surface area (Å²) in [5.41, 5.74) is 8.14. The molecule has 0 atom stereocenters. The fraction of sp³-hybridized carbons (Fsp3) is 0.300. The van der Waals surface area contributed by atoms with Gasteiger partial charge in [-0.15, -0.1) is 0 Å². The Labute approximate surface area is 152 Å². The van der Waals surface area contributed by atoms with E-state index in [2.05, 4.69) is 4.98 Å². The third-order valence-corrected chi connectivity index (χ3v) is 4.29. The summed E-state index contributed by atoms with van der Waals surface area (Å²) in [5.74, 6) is 3.34. The Bertz CT molecular complexity index is 868. The molecule has 4 rings (SSSR count). The average Bonchev–Trinajstić information content (AvgIpc) is 3.45. The lowest BCUT2D eigenvalue weighted by molar-refractivity contribution is 0.328. The van der Waals surface area contributed by atoms with Crippen LogP contribution in [0.3, 0.4) is 0 Å². The SMILES string of the molecule is COc1ccc(-c2nc(C3CC3)oc2-c2ccc(OCCN)cc2)cn1. The van der Waals surface area contributed by atoms with Crippen LogP contribution < -0.4 is 15.2 Å². The summed E-state index contributed by atoms with van der Waals surface area (Å²) in [6.45, 7) is 0.986. The van der Waals surface area contributed by atoms with Crippen LogP contribution in [-0.4, -0.2) is 30.2 Å². The summed E-state index contributed by atoms with van der Waals surface area (Å²) in [4.78, 5) is 9.04. The maximum atomic E-state index is 6.13. The van der Waals surface area contributed by atoms with Gasteiger partial charge in [0.2, 0.25) is 5.88 Å². The highest BCUT2D eigenvalue weighted by molar-refractivity contribution is 5.77. The number of hydrogen-bond donors (Lipinski definition) is 1. The predicted octanol–water partition coefficient (Wildman–Crippen LogP) is 3.63. The van der Waals surface area contributed by atoms with Crippen molar-refractivity contribution in [1.82, 2.24) is 9.97 Å². The Balaban J connectivity index is 1.69. The first-order valence-electron chi connectivity index (χ1n) is 8.73. The summed E-state index contributed by atoms with van der Waals surface area (Å²) in [5, 5.41) is 0. The van der Waals surface area contributed by atoms with E-state index >= 15 is 0 Å². The molecule has 1 aliphatic carbocycles. The van der Waals surface area contributed by atoms with Crippen LogP contribution in [0.4, 0.5) is 0 Å². The largest absolute Gasteiger partial charge is 0.492 e. The fourth-order valence-electron chi connectivity index (χ4n) is 2.75. The van der Waals surface area contributed by atoms with Crippen LogP contribution >= 0.6 is 0 Å².